The Labute approximate surface area is 193 Å². The van der Waals surface area contributed by atoms with Gasteiger partial charge in [-0.25, -0.2) is 4.98 Å². The van der Waals surface area contributed by atoms with Crippen LogP contribution in [0.2, 0.25) is 0 Å². The van der Waals surface area contributed by atoms with E-state index in [1.165, 1.54) is 12.8 Å². The highest BCUT2D eigenvalue weighted by molar-refractivity contribution is 5.83. The summed E-state index contributed by atoms with van der Waals surface area (Å²) < 4.78 is 14.1. The van der Waals surface area contributed by atoms with Crippen LogP contribution in [-0.4, -0.2) is 27.9 Å². The van der Waals surface area contributed by atoms with Gasteiger partial charge in [-0.3, -0.25) is 4.57 Å². The zero-order chi connectivity index (χ0) is 22.6. The van der Waals surface area contributed by atoms with Gasteiger partial charge in [-0.05, 0) is 62.1 Å². The molecule has 4 aromatic rings. The number of fused-ring (bicyclic) bond motifs is 1. The standard InChI is InChI=1S/C28H28N2O3/c1-32-26-16-8-10-20(28(26)33-22-11-3-4-12-22)17-18-27-29-23-13-5-7-15-25(23)30(27)24-14-6-2-9-21(24)19-31/h2,5-10,13-18,22,31H,3-4,11-12,19H2,1H3/b18-17+. The van der Waals surface area contributed by atoms with Crippen LogP contribution in [0.15, 0.2) is 66.7 Å². The van der Waals surface area contributed by atoms with Crippen LogP contribution in [0.25, 0.3) is 28.9 Å². The van der Waals surface area contributed by atoms with Crippen LogP contribution in [0.5, 0.6) is 11.5 Å². The lowest BCUT2D eigenvalue weighted by Gasteiger charge is -2.18. The summed E-state index contributed by atoms with van der Waals surface area (Å²) in [6.45, 7) is -0.0406. The summed E-state index contributed by atoms with van der Waals surface area (Å²) in [5.74, 6) is 2.30. The van der Waals surface area contributed by atoms with Gasteiger partial charge in [-0.2, -0.15) is 0 Å². The van der Waals surface area contributed by atoms with Crippen LogP contribution in [0.4, 0.5) is 0 Å². The predicted octanol–water partition coefficient (Wildman–Crippen LogP) is 6.02. The second-order valence-corrected chi connectivity index (χ2v) is 8.32. The molecule has 3 aromatic carbocycles. The summed E-state index contributed by atoms with van der Waals surface area (Å²) in [4.78, 5) is 4.88. The first-order valence-corrected chi connectivity index (χ1v) is 11.5. The molecule has 1 aliphatic rings. The highest BCUT2D eigenvalue weighted by Crippen LogP contribution is 2.36. The van der Waals surface area contributed by atoms with Gasteiger partial charge in [0.2, 0.25) is 0 Å². The molecule has 0 bridgehead atoms. The molecule has 0 saturated heterocycles. The van der Waals surface area contributed by atoms with Crippen molar-refractivity contribution in [3.05, 3.63) is 83.7 Å². The molecule has 33 heavy (non-hydrogen) atoms. The highest BCUT2D eigenvalue weighted by Gasteiger charge is 2.20. The van der Waals surface area contributed by atoms with Crippen molar-refractivity contribution in [3.8, 4) is 17.2 Å². The van der Waals surface area contributed by atoms with E-state index in [-0.39, 0.29) is 12.7 Å². The van der Waals surface area contributed by atoms with Gasteiger partial charge in [0.1, 0.15) is 5.82 Å². The average molecular weight is 441 g/mol. The molecule has 1 aromatic heterocycles. The van der Waals surface area contributed by atoms with Crippen molar-refractivity contribution in [1.29, 1.82) is 0 Å². The molecule has 1 fully saturated rings. The summed E-state index contributed by atoms with van der Waals surface area (Å²) in [7, 11) is 1.68. The summed E-state index contributed by atoms with van der Waals surface area (Å²) in [6, 6.07) is 21.9. The van der Waals surface area contributed by atoms with E-state index in [0.29, 0.717) is 0 Å². The van der Waals surface area contributed by atoms with E-state index in [0.717, 1.165) is 58.0 Å². The van der Waals surface area contributed by atoms with Crippen molar-refractivity contribution >= 4 is 23.2 Å². The Bertz CT molecular complexity index is 1290. The van der Waals surface area contributed by atoms with Gasteiger partial charge in [0.05, 0.1) is 36.5 Å². The maximum absolute atomic E-state index is 9.94. The fourth-order valence-corrected chi connectivity index (χ4v) is 4.56. The van der Waals surface area contributed by atoms with Gasteiger partial charge in [-0.15, -0.1) is 0 Å². The fraction of sp³-hybridized carbons (Fsp3) is 0.250. The van der Waals surface area contributed by atoms with Crippen LogP contribution in [0.3, 0.4) is 0 Å². The number of hydrogen-bond acceptors (Lipinski definition) is 4. The zero-order valence-corrected chi connectivity index (χ0v) is 18.8. The molecule has 1 heterocycles. The van der Waals surface area contributed by atoms with Crippen LogP contribution >= 0.6 is 0 Å². The molecule has 0 amide bonds. The van der Waals surface area contributed by atoms with Crippen molar-refractivity contribution in [1.82, 2.24) is 9.55 Å². The van der Waals surface area contributed by atoms with Crippen molar-refractivity contribution in [2.75, 3.05) is 7.11 Å². The SMILES string of the molecule is COc1cccc(/C=C/c2nc3ccccc3n2-c2ccccc2CO)c1OC1CCCC1. The minimum atomic E-state index is -0.0406. The Hall–Kier alpha value is -3.57. The summed E-state index contributed by atoms with van der Waals surface area (Å²) in [5, 5.41) is 9.94. The molecule has 1 saturated carbocycles. The molecule has 5 rings (SSSR count). The first kappa shape index (κ1) is 21.3. The summed E-state index contributed by atoms with van der Waals surface area (Å²) in [5.41, 5.74) is 4.61. The number of nitrogens with zero attached hydrogens (tertiary/aromatic N) is 2. The van der Waals surface area contributed by atoms with Gasteiger partial charge < -0.3 is 14.6 Å². The van der Waals surface area contributed by atoms with E-state index in [2.05, 4.69) is 4.57 Å². The van der Waals surface area contributed by atoms with Gasteiger partial charge in [0.15, 0.2) is 11.5 Å². The number of rotatable bonds is 7. The van der Waals surface area contributed by atoms with Crippen molar-refractivity contribution in [2.24, 2.45) is 0 Å². The van der Waals surface area contributed by atoms with Crippen molar-refractivity contribution in [3.63, 3.8) is 0 Å². The lowest BCUT2D eigenvalue weighted by molar-refractivity contribution is 0.200. The molecule has 0 radical (unpaired) electrons. The third-order valence-corrected chi connectivity index (χ3v) is 6.22. The number of methoxy groups -OCH3 is 1. The number of hydrogen-bond donors (Lipinski definition) is 1. The smallest absolute Gasteiger partial charge is 0.168 e. The minimum Gasteiger partial charge on any atom is -0.493 e. The molecule has 168 valence electrons. The molecule has 0 atom stereocenters. The Morgan fingerprint density at radius 2 is 1.76 bits per heavy atom. The number of aromatic nitrogens is 2. The van der Waals surface area contributed by atoms with Gasteiger partial charge in [0, 0.05) is 11.1 Å². The normalized spacial score (nSPS) is 14.4. The molecule has 0 aliphatic heterocycles. The van der Waals surface area contributed by atoms with E-state index in [1.54, 1.807) is 7.11 Å². The molecular formula is C28H28N2O3. The lowest BCUT2D eigenvalue weighted by Crippen LogP contribution is -2.12. The number of aliphatic hydroxyl groups excluding tert-OH is 1. The average Bonchev–Trinajstić information content (AvgIpc) is 3.50. The second-order valence-electron chi connectivity index (χ2n) is 8.32. The van der Waals surface area contributed by atoms with Crippen LogP contribution < -0.4 is 9.47 Å². The van der Waals surface area contributed by atoms with Crippen LogP contribution in [0.1, 0.15) is 42.6 Å². The van der Waals surface area contributed by atoms with E-state index < -0.39 is 0 Å². The quantitative estimate of drug-likeness (QED) is 0.382. The maximum Gasteiger partial charge on any atom is 0.168 e. The third-order valence-electron chi connectivity index (χ3n) is 6.22. The Balaban J connectivity index is 1.60. The first-order valence-electron chi connectivity index (χ1n) is 11.5. The molecular weight excluding hydrogens is 412 g/mol. The lowest BCUT2D eigenvalue weighted by atomic mass is 10.1. The van der Waals surface area contributed by atoms with Gasteiger partial charge >= 0.3 is 0 Å². The predicted molar refractivity (Wildman–Crippen MR) is 132 cm³/mol. The number of para-hydroxylation sites is 4. The molecule has 0 spiro atoms. The Morgan fingerprint density at radius 1 is 0.970 bits per heavy atom. The summed E-state index contributed by atoms with van der Waals surface area (Å²) in [6.07, 6.45) is 8.84. The van der Waals surface area contributed by atoms with E-state index >= 15 is 0 Å². The third kappa shape index (κ3) is 4.24. The minimum absolute atomic E-state index is 0.0406. The van der Waals surface area contributed by atoms with Gasteiger partial charge in [0.25, 0.3) is 0 Å². The van der Waals surface area contributed by atoms with Crippen molar-refractivity contribution in [2.45, 2.75) is 38.4 Å². The van der Waals surface area contributed by atoms with Crippen LogP contribution in [0, 0.1) is 0 Å². The number of benzene rings is 3. The van der Waals surface area contributed by atoms with E-state index in [9.17, 15) is 5.11 Å². The molecule has 1 N–H and O–H groups in total. The topological polar surface area (TPSA) is 56.5 Å². The largest absolute Gasteiger partial charge is 0.493 e. The fourth-order valence-electron chi connectivity index (χ4n) is 4.56. The summed E-state index contributed by atoms with van der Waals surface area (Å²) >= 11 is 0. The second kappa shape index (κ2) is 9.51. The Morgan fingerprint density at radius 3 is 2.58 bits per heavy atom. The first-order chi connectivity index (χ1) is 16.3. The maximum atomic E-state index is 9.94. The van der Waals surface area contributed by atoms with E-state index in [4.69, 9.17) is 14.5 Å². The van der Waals surface area contributed by atoms with Gasteiger partial charge in [-0.1, -0.05) is 42.5 Å². The number of aliphatic hydroxyl groups is 1. The molecule has 1 aliphatic carbocycles. The van der Waals surface area contributed by atoms with E-state index in [1.807, 2.05) is 78.9 Å². The zero-order valence-electron chi connectivity index (χ0n) is 18.8. The van der Waals surface area contributed by atoms with Crippen molar-refractivity contribution < 1.29 is 14.6 Å². The highest BCUT2D eigenvalue weighted by atomic mass is 16.5. The molecule has 0 unspecified atom stereocenters. The van der Waals surface area contributed by atoms with Crippen LogP contribution in [-0.2, 0) is 6.61 Å². The molecule has 5 nitrogen and oxygen atoms in total. The number of imidazole rings is 1. The monoisotopic (exact) mass is 440 g/mol. The molecule has 5 heteroatoms. The Kier molecular flexibility index (Phi) is 6.13. The number of ether oxygens (including phenoxy) is 2.